The second kappa shape index (κ2) is 13.0. The summed E-state index contributed by atoms with van der Waals surface area (Å²) in [6.07, 6.45) is 0. The lowest BCUT2D eigenvalue weighted by atomic mass is 9.33. The summed E-state index contributed by atoms with van der Waals surface area (Å²) in [7, 11) is 0. The number of benzene rings is 8. The van der Waals surface area contributed by atoms with Crippen LogP contribution < -0.4 is 16.4 Å². The first-order valence-corrected chi connectivity index (χ1v) is 22.8. The maximum atomic E-state index is 2.68. The molecule has 0 bridgehead atoms. The van der Waals surface area contributed by atoms with Gasteiger partial charge in [-0.2, -0.15) is 0 Å². The Labute approximate surface area is 371 Å². The lowest BCUT2D eigenvalue weighted by molar-refractivity contribution is 0.590. The van der Waals surface area contributed by atoms with Crippen molar-refractivity contribution in [2.45, 2.75) is 78.6 Å². The van der Waals surface area contributed by atoms with E-state index in [0.717, 1.165) is 0 Å². The third kappa shape index (κ3) is 5.51. The van der Waals surface area contributed by atoms with E-state index in [1.165, 1.54) is 121 Å². The van der Waals surface area contributed by atoms with Gasteiger partial charge in [-0.25, -0.2) is 0 Å². The standard InChI is InChI=1S/C60H53BN2/c1-58(2,3)41-26-24-36(25-27-41)40-31-50-54-51(32-40)63-55(38-20-14-11-15-21-38)52(37-18-12-10-13-19-37)47-30-39-22-16-17-23-44(39)53(57(47)63)61(54)48-35-43(60(7,8)9)34-46-45-33-42(59(4,5)6)28-29-49(45)62(50)56(46)48/h10-35H,1-9H3. The van der Waals surface area contributed by atoms with E-state index in [1.54, 1.807) is 0 Å². The summed E-state index contributed by atoms with van der Waals surface area (Å²) in [6, 6.07) is 60.7. The largest absolute Gasteiger partial charge is 0.310 e. The maximum Gasteiger partial charge on any atom is 0.253 e. The highest BCUT2D eigenvalue weighted by Gasteiger charge is 2.44. The SMILES string of the molecule is CC(C)(C)c1ccc(-c2cc3c4c(c2)-n2c5ccc(C(C)(C)C)cc5c5cc(C(C)(C)C)cc(c52)B4c2c4ccccc4cc4c(-c5ccccc5)c(-c5ccccc5)n-3c24)cc1. The Morgan fingerprint density at radius 1 is 0.381 bits per heavy atom. The highest BCUT2D eigenvalue weighted by Crippen LogP contribution is 2.48. The van der Waals surface area contributed by atoms with Crippen LogP contribution in [0.5, 0.6) is 0 Å². The molecule has 12 rings (SSSR count). The molecular formula is C60H53BN2. The second-order valence-electron chi connectivity index (χ2n) is 21.4. The molecule has 0 amide bonds. The van der Waals surface area contributed by atoms with Gasteiger partial charge in [-0.1, -0.05) is 184 Å². The minimum Gasteiger partial charge on any atom is -0.310 e. The average Bonchev–Trinajstić information content (AvgIpc) is 3.79. The average molecular weight is 813 g/mol. The van der Waals surface area contributed by atoms with E-state index < -0.39 is 0 Å². The molecule has 0 unspecified atom stereocenters. The van der Waals surface area contributed by atoms with Gasteiger partial charge in [0, 0.05) is 38.6 Å². The number of nitrogens with zero attached hydrogens (tertiary/aromatic N) is 2. The Morgan fingerprint density at radius 2 is 0.968 bits per heavy atom. The van der Waals surface area contributed by atoms with E-state index in [1.807, 2.05) is 0 Å². The molecule has 4 heterocycles. The summed E-state index contributed by atoms with van der Waals surface area (Å²) in [4.78, 5) is 0. The van der Waals surface area contributed by atoms with Crippen molar-refractivity contribution in [2.75, 3.05) is 0 Å². The molecule has 2 aliphatic heterocycles. The Kier molecular flexibility index (Phi) is 7.86. The van der Waals surface area contributed by atoms with Crippen molar-refractivity contribution in [3.63, 3.8) is 0 Å². The van der Waals surface area contributed by atoms with Gasteiger partial charge in [0.05, 0.1) is 16.7 Å². The fraction of sp³-hybridized carbons (Fsp3) is 0.200. The Morgan fingerprint density at radius 3 is 1.63 bits per heavy atom. The first-order valence-electron chi connectivity index (χ1n) is 22.8. The highest BCUT2D eigenvalue weighted by atomic mass is 15.0. The molecule has 0 atom stereocenters. The zero-order valence-corrected chi connectivity index (χ0v) is 38.0. The van der Waals surface area contributed by atoms with E-state index in [9.17, 15) is 0 Å². The van der Waals surface area contributed by atoms with E-state index in [0.29, 0.717) is 0 Å². The molecule has 8 aromatic carbocycles. The van der Waals surface area contributed by atoms with Crippen LogP contribution in [0.15, 0.2) is 158 Å². The summed E-state index contributed by atoms with van der Waals surface area (Å²) in [5.41, 5.74) is 22.1. The van der Waals surface area contributed by atoms with Gasteiger partial charge in [0.15, 0.2) is 0 Å². The Balaban J connectivity index is 1.33. The summed E-state index contributed by atoms with van der Waals surface area (Å²) < 4.78 is 5.33. The van der Waals surface area contributed by atoms with Gasteiger partial charge in [-0.15, -0.1) is 0 Å². The van der Waals surface area contributed by atoms with E-state index >= 15 is 0 Å². The topological polar surface area (TPSA) is 9.86 Å². The molecule has 0 saturated heterocycles. The number of hydrogen-bond donors (Lipinski definition) is 0. The molecule has 2 aliphatic rings. The third-order valence-electron chi connectivity index (χ3n) is 14.3. The smallest absolute Gasteiger partial charge is 0.253 e. The summed E-state index contributed by atoms with van der Waals surface area (Å²) in [5.74, 6) is 0. The molecular weight excluding hydrogens is 759 g/mol. The molecule has 2 aromatic heterocycles. The number of hydrogen-bond acceptors (Lipinski definition) is 0. The first-order chi connectivity index (χ1) is 30.2. The van der Waals surface area contributed by atoms with Crippen molar-refractivity contribution in [1.82, 2.24) is 9.13 Å². The monoisotopic (exact) mass is 812 g/mol. The number of rotatable bonds is 3. The van der Waals surface area contributed by atoms with Crippen LogP contribution in [0.4, 0.5) is 0 Å². The van der Waals surface area contributed by atoms with Gasteiger partial charge < -0.3 is 9.13 Å². The van der Waals surface area contributed by atoms with Crippen molar-refractivity contribution < 1.29 is 0 Å². The molecule has 306 valence electrons. The molecule has 0 saturated carbocycles. The lowest BCUT2D eigenvalue weighted by Crippen LogP contribution is -2.60. The normalized spacial score (nSPS) is 13.4. The van der Waals surface area contributed by atoms with Crippen LogP contribution in [0.3, 0.4) is 0 Å². The van der Waals surface area contributed by atoms with Gasteiger partial charge in [0.25, 0.3) is 6.71 Å². The summed E-state index contributed by atoms with van der Waals surface area (Å²) in [5, 5.41) is 6.57. The van der Waals surface area contributed by atoms with Crippen LogP contribution in [-0.2, 0) is 16.2 Å². The lowest BCUT2D eigenvalue weighted by Gasteiger charge is -2.36. The van der Waals surface area contributed by atoms with Crippen molar-refractivity contribution >= 4 is 66.6 Å². The molecule has 0 N–H and O–H groups in total. The molecule has 63 heavy (non-hydrogen) atoms. The fourth-order valence-electron chi connectivity index (χ4n) is 11.1. The van der Waals surface area contributed by atoms with Gasteiger partial charge in [0.2, 0.25) is 0 Å². The Bertz CT molecular complexity index is 3530. The van der Waals surface area contributed by atoms with Crippen LogP contribution >= 0.6 is 0 Å². The summed E-state index contributed by atoms with van der Waals surface area (Å²) in [6.45, 7) is 21.0. The maximum absolute atomic E-state index is 2.68. The van der Waals surface area contributed by atoms with Gasteiger partial charge >= 0.3 is 0 Å². The minimum atomic E-state index is -0.0587. The van der Waals surface area contributed by atoms with E-state index in [-0.39, 0.29) is 23.0 Å². The quantitative estimate of drug-likeness (QED) is 0.157. The molecule has 3 heteroatoms. The zero-order chi connectivity index (χ0) is 43.3. The second-order valence-corrected chi connectivity index (χ2v) is 21.4. The number of fused-ring (bicyclic) bond motifs is 9. The highest BCUT2D eigenvalue weighted by molar-refractivity contribution is 7.01. The first kappa shape index (κ1) is 38.1. The van der Waals surface area contributed by atoms with Crippen LogP contribution in [0.2, 0.25) is 0 Å². The van der Waals surface area contributed by atoms with E-state index in [2.05, 4.69) is 229 Å². The molecule has 0 spiro atoms. The van der Waals surface area contributed by atoms with Crippen molar-refractivity contribution in [3.05, 3.63) is 174 Å². The van der Waals surface area contributed by atoms with Gasteiger partial charge in [0.1, 0.15) is 0 Å². The van der Waals surface area contributed by atoms with Crippen LogP contribution in [0.1, 0.15) is 79.0 Å². The van der Waals surface area contributed by atoms with Crippen LogP contribution in [-0.4, -0.2) is 15.8 Å². The zero-order valence-electron chi connectivity index (χ0n) is 38.0. The predicted octanol–water partition coefficient (Wildman–Crippen LogP) is 13.9. The van der Waals surface area contributed by atoms with Crippen molar-refractivity contribution in [2.24, 2.45) is 0 Å². The van der Waals surface area contributed by atoms with E-state index in [4.69, 9.17) is 0 Å². The fourth-order valence-corrected chi connectivity index (χ4v) is 11.1. The third-order valence-corrected chi connectivity index (χ3v) is 14.3. The number of aromatic nitrogens is 2. The minimum absolute atomic E-state index is 0.000683. The molecule has 10 aromatic rings. The van der Waals surface area contributed by atoms with Crippen molar-refractivity contribution in [3.8, 4) is 44.9 Å². The van der Waals surface area contributed by atoms with Gasteiger partial charge in [-0.05, 0) is 119 Å². The van der Waals surface area contributed by atoms with Crippen LogP contribution in [0, 0.1) is 0 Å². The molecule has 0 radical (unpaired) electrons. The van der Waals surface area contributed by atoms with Gasteiger partial charge in [-0.3, -0.25) is 0 Å². The van der Waals surface area contributed by atoms with Crippen LogP contribution in [0.25, 0.3) is 88.4 Å². The van der Waals surface area contributed by atoms with Crippen molar-refractivity contribution in [1.29, 1.82) is 0 Å². The molecule has 0 aliphatic carbocycles. The molecule has 2 nitrogen and oxygen atoms in total. The predicted molar refractivity (Wildman–Crippen MR) is 272 cm³/mol. The summed E-state index contributed by atoms with van der Waals surface area (Å²) >= 11 is 0. The Hall–Kier alpha value is -6.58. The molecule has 0 fully saturated rings.